The average Bonchev–Trinajstić information content (AvgIpc) is 2.18. The van der Waals surface area contributed by atoms with E-state index in [2.05, 4.69) is 44.2 Å². The molecule has 0 rings (SSSR count). The monoisotopic (exact) mass is 436 g/mol. The van der Waals surface area contributed by atoms with Gasteiger partial charge in [0.15, 0.2) is 0 Å². The van der Waals surface area contributed by atoms with E-state index in [1.165, 1.54) is 0 Å². The van der Waals surface area contributed by atoms with Crippen molar-refractivity contribution in [2.24, 2.45) is 11.8 Å². The number of hydrogen-bond acceptors (Lipinski definition) is 2. The Labute approximate surface area is 129 Å². The summed E-state index contributed by atoms with van der Waals surface area (Å²) in [7, 11) is 0. The summed E-state index contributed by atoms with van der Waals surface area (Å²) in [6.07, 6.45) is 1.42. The smallest absolute Gasteiger partial charge is 0.143 e. The first-order valence-electron chi connectivity index (χ1n) is 5.50. The van der Waals surface area contributed by atoms with Crippen molar-refractivity contribution in [2.45, 2.75) is 47.5 Å². The summed E-state index contributed by atoms with van der Waals surface area (Å²) in [5, 5.41) is 0.505. The van der Waals surface area contributed by atoms with Crippen LogP contribution in [0, 0.1) is 11.8 Å². The topological polar surface area (TPSA) is 34.1 Å². The van der Waals surface area contributed by atoms with Gasteiger partial charge in [-0.15, -0.1) is 0 Å². The summed E-state index contributed by atoms with van der Waals surface area (Å²) in [4.78, 5) is 20.8. The molecule has 0 aliphatic heterocycles. The minimum absolute atomic E-state index is 0.287. The van der Waals surface area contributed by atoms with Gasteiger partial charge >= 0.3 is 0 Å². The highest BCUT2D eigenvalue weighted by molar-refractivity contribution is 9.93. The molecule has 0 aliphatic rings. The zero-order chi connectivity index (χ0) is 14.4. The van der Waals surface area contributed by atoms with Crippen molar-refractivity contribution in [3.63, 3.8) is 0 Å². The highest BCUT2D eigenvalue weighted by atomic mass is 80.9. The summed E-state index contributed by atoms with van der Waals surface area (Å²) in [5.74, 6) is 1.60. The van der Waals surface area contributed by atoms with E-state index in [0.717, 1.165) is 6.42 Å². The van der Waals surface area contributed by atoms with Crippen molar-refractivity contribution in [1.82, 2.24) is 0 Å². The lowest BCUT2D eigenvalue weighted by atomic mass is 10.1. The first kappa shape index (κ1) is 22.9. The van der Waals surface area contributed by atoms with E-state index in [1.54, 1.807) is 6.92 Å². The molecule has 5 heteroatoms. The number of carbonyl (C=O) groups excluding carboxylic acids is 2. The molecule has 0 atom stereocenters. The van der Waals surface area contributed by atoms with Crippen molar-refractivity contribution in [3.8, 4) is 0 Å². The lowest BCUT2D eigenvalue weighted by molar-refractivity contribution is -0.118. The number of ketones is 2. The second-order valence-corrected chi connectivity index (χ2v) is 5.13. The van der Waals surface area contributed by atoms with Gasteiger partial charge in [0, 0.05) is 41.1 Å². The predicted octanol–water partition coefficient (Wildman–Crippen LogP) is 5.31. The number of carbonyl (C=O) groups is 2. The van der Waals surface area contributed by atoms with Crippen LogP contribution in [0.3, 0.4) is 0 Å². The van der Waals surface area contributed by atoms with Gasteiger partial charge in [-0.1, -0.05) is 43.6 Å². The molecule has 0 unspecified atom stereocenters. The third kappa shape index (κ3) is 31.5. The first-order valence-corrected chi connectivity index (χ1v) is 10.3. The quantitative estimate of drug-likeness (QED) is 0.545. The van der Waals surface area contributed by atoms with E-state index in [1.807, 2.05) is 27.7 Å². The van der Waals surface area contributed by atoms with Crippen molar-refractivity contribution in [2.75, 3.05) is 5.33 Å². The first-order chi connectivity index (χ1) is 7.79. The van der Waals surface area contributed by atoms with Crippen LogP contribution in [0.25, 0.3) is 0 Å². The molecule has 0 aliphatic carbocycles. The number of halogens is 3. The maximum Gasteiger partial charge on any atom is 0.143 e. The Balaban J connectivity index is -0.000000202. The Bertz CT molecular complexity index is 192. The molecule has 0 aromatic heterocycles. The summed E-state index contributed by atoms with van der Waals surface area (Å²) in [5.41, 5.74) is 0. The summed E-state index contributed by atoms with van der Waals surface area (Å²) in [6, 6.07) is 0. The van der Waals surface area contributed by atoms with Crippen LogP contribution < -0.4 is 0 Å². The van der Waals surface area contributed by atoms with Crippen LogP contribution in [-0.4, -0.2) is 16.9 Å². The van der Waals surface area contributed by atoms with Crippen LogP contribution in [-0.2, 0) is 9.59 Å². The maximum atomic E-state index is 10.6. The molecular weight excluding hydrogens is 416 g/mol. The Kier molecular flexibility index (Phi) is 22.6. The Morgan fingerprint density at radius 1 is 0.941 bits per heavy atom. The predicted molar refractivity (Wildman–Crippen MR) is 86.2 cm³/mol. The third-order valence-electron chi connectivity index (χ3n) is 1.48. The molecule has 0 N–H and O–H groups in total. The van der Waals surface area contributed by atoms with E-state index in [-0.39, 0.29) is 5.78 Å². The Hall–Kier alpha value is 0.780. The van der Waals surface area contributed by atoms with E-state index < -0.39 is 0 Å². The molecule has 0 saturated heterocycles. The molecule has 17 heavy (non-hydrogen) atoms. The highest BCUT2D eigenvalue weighted by Gasteiger charge is 2.00. The van der Waals surface area contributed by atoms with Crippen LogP contribution in [0.4, 0.5) is 0 Å². The second-order valence-electron chi connectivity index (χ2n) is 4.57. The van der Waals surface area contributed by atoms with Gasteiger partial charge in [-0.25, -0.2) is 0 Å². The van der Waals surface area contributed by atoms with Gasteiger partial charge in [-0.3, -0.25) is 4.79 Å². The van der Waals surface area contributed by atoms with Crippen LogP contribution in [0.1, 0.15) is 47.5 Å². The molecule has 0 spiro atoms. The van der Waals surface area contributed by atoms with E-state index in [0.29, 0.717) is 29.4 Å². The average molecular weight is 439 g/mol. The molecule has 0 amide bonds. The van der Waals surface area contributed by atoms with Crippen molar-refractivity contribution >= 4 is 55.8 Å². The van der Waals surface area contributed by atoms with Gasteiger partial charge in [0.05, 0.1) is 5.33 Å². The molecule has 0 aromatic carbocycles. The standard InChI is InChI=1S/C6H11BrO.C6H12O.Br2/c1-5(2)3-6(8)4-7;1-5(2)4-6(3)7;1-2/h5H,3-4H2,1-2H3;5H,4H2,1-3H3;. The molecule has 104 valence electrons. The van der Waals surface area contributed by atoms with Crippen molar-refractivity contribution in [1.29, 1.82) is 0 Å². The highest BCUT2D eigenvalue weighted by Crippen LogP contribution is 2.01. The fraction of sp³-hybridized carbons (Fsp3) is 0.833. The van der Waals surface area contributed by atoms with E-state index in [4.69, 9.17) is 0 Å². The molecule has 0 fully saturated rings. The minimum Gasteiger partial charge on any atom is -0.300 e. The van der Waals surface area contributed by atoms with Crippen LogP contribution in [0.15, 0.2) is 0 Å². The van der Waals surface area contributed by atoms with Crippen LogP contribution >= 0.6 is 44.2 Å². The summed E-state index contributed by atoms with van der Waals surface area (Å²) in [6.45, 7) is 9.80. The fourth-order valence-corrected chi connectivity index (χ4v) is 1.31. The SMILES string of the molecule is BrBr.CC(=O)CC(C)C.CC(C)CC(=O)CBr. The van der Waals surface area contributed by atoms with Gasteiger partial charge in [0.2, 0.25) is 0 Å². The third-order valence-corrected chi connectivity index (χ3v) is 2.11. The van der Waals surface area contributed by atoms with Crippen LogP contribution in [0.5, 0.6) is 0 Å². The number of rotatable bonds is 5. The largest absolute Gasteiger partial charge is 0.300 e. The fourth-order valence-electron chi connectivity index (χ4n) is 1.08. The molecule has 0 radical (unpaired) electrons. The maximum absolute atomic E-state index is 10.6. The minimum atomic E-state index is 0.287. The van der Waals surface area contributed by atoms with Gasteiger partial charge in [-0.2, -0.15) is 0 Å². The summed E-state index contributed by atoms with van der Waals surface area (Å²) >= 11 is 8.59. The van der Waals surface area contributed by atoms with Crippen LogP contribution in [0.2, 0.25) is 0 Å². The second kappa shape index (κ2) is 16.8. The van der Waals surface area contributed by atoms with E-state index in [9.17, 15) is 9.59 Å². The summed E-state index contributed by atoms with van der Waals surface area (Å²) < 4.78 is 0. The molecule has 0 heterocycles. The van der Waals surface area contributed by atoms with Gasteiger partial charge in [-0.05, 0) is 18.8 Å². The van der Waals surface area contributed by atoms with Crippen molar-refractivity contribution < 1.29 is 9.59 Å². The lowest BCUT2D eigenvalue weighted by Crippen LogP contribution is -2.02. The Morgan fingerprint density at radius 3 is 1.35 bits per heavy atom. The molecule has 0 bridgehead atoms. The normalized spacial score (nSPS) is 9.06. The molecule has 0 aromatic rings. The Morgan fingerprint density at radius 2 is 1.29 bits per heavy atom. The van der Waals surface area contributed by atoms with E-state index >= 15 is 0 Å². The number of Topliss-reactive ketones (excluding diaryl/α,β-unsaturated/α-hetero) is 2. The molecular formula is C12H23Br3O2. The lowest BCUT2D eigenvalue weighted by Gasteiger charge is -1.97. The number of alkyl halides is 1. The number of hydrogen-bond donors (Lipinski definition) is 0. The van der Waals surface area contributed by atoms with Gasteiger partial charge in [0.25, 0.3) is 0 Å². The zero-order valence-corrected chi connectivity index (χ0v) is 16.0. The molecule has 0 saturated carbocycles. The van der Waals surface area contributed by atoms with Crippen molar-refractivity contribution in [3.05, 3.63) is 0 Å². The zero-order valence-electron chi connectivity index (χ0n) is 11.2. The molecule has 2 nitrogen and oxygen atoms in total. The van der Waals surface area contributed by atoms with Gasteiger partial charge < -0.3 is 4.79 Å². The van der Waals surface area contributed by atoms with Gasteiger partial charge in [0.1, 0.15) is 11.6 Å².